The molecule has 0 atom stereocenters. The summed E-state index contributed by atoms with van der Waals surface area (Å²) in [5.74, 6) is -1.63. The molecule has 8 heteroatoms. The summed E-state index contributed by atoms with van der Waals surface area (Å²) in [5.41, 5.74) is 0.450. The lowest BCUT2D eigenvalue weighted by atomic mass is 10.2. The molecule has 1 saturated heterocycles. The molecule has 24 heavy (non-hydrogen) atoms. The zero-order valence-corrected chi connectivity index (χ0v) is 12.8. The third-order valence-electron chi connectivity index (χ3n) is 3.56. The van der Waals surface area contributed by atoms with Crippen molar-refractivity contribution in [1.82, 2.24) is 9.80 Å². The van der Waals surface area contributed by atoms with Crippen LogP contribution in [-0.2, 0) is 9.59 Å². The number of benzene rings is 1. The van der Waals surface area contributed by atoms with E-state index >= 15 is 0 Å². The molecule has 124 valence electrons. The minimum Gasteiger partial charge on any atom is -0.478 e. The summed E-state index contributed by atoms with van der Waals surface area (Å²) in [7, 11) is 0. The molecule has 1 aliphatic heterocycles. The van der Waals surface area contributed by atoms with Crippen LogP contribution in [0.15, 0.2) is 36.0 Å². The van der Waals surface area contributed by atoms with Crippen LogP contribution in [-0.4, -0.2) is 59.4 Å². The van der Waals surface area contributed by atoms with Gasteiger partial charge in [-0.1, -0.05) is 0 Å². The quantitative estimate of drug-likeness (QED) is 0.462. The van der Waals surface area contributed by atoms with Crippen molar-refractivity contribution in [2.24, 2.45) is 0 Å². The SMILES string of the molecule is N#C/C(=C/N1CCN(C=O)CC1)C(=O)Nc1ccc(C(=O)O)cc1. The fourth-order valence-electron chi connectivity index (χ4n) is 2.19. The van der Waals surface area contributed by atoms with Gasteiger partial charge in [0, 0.05) is 38.1 Å². The van der Waals surface area contributed by atoms with Crippen LogP contribution in [0, 0.1) is 11.3 Å². The van der Waals surface area contributed by atoms with Crippen molar-refractivity contribution in [3.05, 3.63) is 41.6 Å². The summed E-state index contributed by atoms with van der Waals surface area (Å²) in [5, 5.41) is 20.6. The number of carbonyl (C=O) groups excluding carboxylic acids is 2. The first-order chi connectivity index (χ1) is 11.5. The van der Waals surface area contributed by atoms with E-state index in [1.165, 1.54) is 30.5 Å². The van der Waals surface area contributed by atoms with Crippen molar-refractivity contribution in [3.8, 4) is 6.07 Å². The number of nitrogens with one attached hydrogen (secondary N) is 1. The average Bonchev–Trinajstić information content (AvgIpc) is 2.60. The Morgan fingerprint density at radius 1 is 1.12 bits per heavy atom. The van der Waals surface area contributed by atoms with Gasteiger partial charge in [-0.25, -0.2) is 4.79 Å². The third-order valence-corrected chi connectivity index (χ3v) is 3.56. The molecular formula is C16H16N4O4. The Balaban J connectivity index is 2.01. The van der Waals surface area contributed by atoms with E-state index < -0.39 is 11.9 Å². The Labute approximate surface area is 138 Å². The van der Waals surface area contributed by atoms with Crippen molar-refractivity contribution >= 4 is 24.0 Å². The van der Waals surface area contributed by atoms with Crippen LogP contribution in [0.5, 0.6) is 0 Å². The molecule has 0 spiro atoms. The number of rotatable bonds is 5. The lowest BCUT2D eigenvalue weighted by Gasteiger charge is -2.31. The molecule has 2 rings (SSSR count). The van der Waals surface area contributed by atoms with Crippen LogP contribution in [0.1, 0.15) is 10.4 Å². The number of amides is 2. The Hall–Kier alpha value is -3.34. The van der Waals surface area contributed by atoms with Gasteiger partial charge in [0.05, 0.1) is 5.56 Å². The van der Waals surface area contributed by atoms with E-state index in [0.29, 0.717) is 31.9 Å². The Morgan fingerprint density at radius 3 is 2.21 bits per heavy atom. The van der Waals surface area contributed by atoms with Crippen molar-refractivity contribution in [2.75, 3.05) is 31.5 Å². The van der Waals surface area contributed by atoms with Gasteiger partial charge >= 0.3 is 5.97 Å². The number of carboxylic acid groups (broad SMARTS) is 1. The second-order valence-corrected chi connectivity index (χ2v) is 5.17. The highest BCUT2D eigenvalue weighted by molar-refractivity contribution is 6.06. The largest absolute Gasteiger partial charge is 0.478 e. The van der Waals surface area contributed by atoms with Crippen molar-refractivity contribution in [2.45, 2.75) is 0 Å². The first kappa shape index (κ1) is 17.0. The Kier molecular flexibility index (Phi) is 5.52. The molecule has 1 aromatic rings. The van der Waals surface area contributed by atoms with Gasteiger partial charge in [-0.3, -0.25) is 9.59 Å². The predicted molar refractivity (Wildman–Crippen MR) is 84.9 cm³/mol. The van der Waals surface area contributed by atoms with Gasteiger partial charge in [0.1, 0.15) is 11.6 Å². The molecule has 2 N–H and O–H groups in total. The zero-order chi connectivity index (χ0) is 17.5. The Morgan fingerprint density at radius 2 is 1.71 bits per heavy atom. The topological polar surface area (TPSA) is 114 Å². The molecule has 2 amide bonds. The fourth-order valence-corrected chi connectivity index (χ4v) is 2.19. The van der Waals surface area contributed by atoms with Gasteiger partial charge < -0.3 is 20.2 Å². The van der Waals surface area contributed by atoms with E-state index in [-0.39, 0.29) is 11.1 Å². The van der Waals surface area contributed by atoms with Gasteiger partial charge in [0.2, 0.25) is 6.41 Å². The molecule has 0 unspecified atom stereocenters. The molecule has 0 aliphatic carbocycles. The second kappa shape index (κ2) is 7.78. The summed E-state index contributed by atoms with van der Waals surface area (Å²) >= 11 is 0. The van der Waals surface area contributed by atoms with Crippen molar-refractivity contribution in [1.29, 1.82) is 5.26 Å². The number of hydrogen-bond donors (Lipinski definition) is 2. The monoisotopic (exact) mass is 328 g/mol. The van der Waals surface area contributed by atoms with E-state index in [0.717, 1.165) is 6.41 Å². The third kappa shape index (κ3) is 4.33. The van der Waals surface area contributed by atoms with Crippen LogP contribution in [0.3, 0.4) is 0 Å². The maximum absolute atomic E-state index is 12.1. The number of hydrogen-bond acceptors (Lipinski definition) is 5. The molecule has 1 aromatic carbocycles. The van der Waals surface area contributed by atoms with Crippen LogP contribution in [0.2, 0.25) is 0 Å². The standard InChI is InChI=1S/C16H16N4O4/c17-9-13(10-19-5-7-20(11-21)8-6-19)15(22)18-14-3-1-12(2-4-14)16(23)24/h1-4,10-11H,5-8H2,(H,18,22)(H,23,24)/b13-10-. The van der Waals surface area contributed by atoms with Gasteiger partial charge in [-0.2, -0.15) is 5.26 Å². The summed E-state index contributed by atoms with van der Waals surface area (Å²) in [6, 6.07) is 7.50. The highest BCUT2D eigenvalue weighted by Gasteiger charge is 2.16. The van der Waals surface area contributed by atoms with Crippen LogP contribution in [0.25, 0.3) is 0 Å². The second-order valence-electron chi connectivity index (χ2n) is 5.17. The number of piperazine rings is 1. The molecule has 1 heterocycles. The van der Waals surface area contributed by atoms with Crippen molar-refractivity contribution in [3.63, 3.8) is 0 Å². The first-order valence-electron chi connectivity index (χ1n) is 7.23. The van der Waals surface area contributed by atoms with Gasteiger partial charge in [-0.05, 0) is 24.3 Å². The number of nitrogens with zero attached hydrogens (tertiary/aromatic N) is 3. The summed E-state index contributed by atoms with van der Waals surface area (Å²) < 4.78 is 0. The first-order valence-corrected chi connectivity index (χ1v) is 7.23. The minimum atomic E-state index is -1.06. The summed E-state index contributed by atoms with van der Waals surface area (Å²) in [4.78, 5) is 37.0. The number of carbonyl (C=O) groups is 3. The molecule has 0 saturated carbocycles. The minimum absolute atomic E-state index is 0.0585. The number of carboxylic acids is 1. The van der Waals surface area contributed by atoms with Crippen LogP contribution < -0.4 is 5.32 Å². The smallest absolute Gasteiger partial charge is 0.335 e. The fraction of sp³-hybridized carbons (Fsp3) is 0.250. The zero-order valence-electron chi connectivity index (χ0n) is 12.8. The molecule has 1 fully saturated rings. The number of anilines is 1. The van der Waals surface area contributed by atoms with E-state index in [1.807, 2.05) is 11.0 Å². The van der Waals surface area contributed by atoms with Crippen LogP contribution >= 0.6 is 0 Å². The maximum Gasteiger partial charge on any atom is 0.335 e. The van der Waals surface area contributed by atoms with E-state index in [9.17, 15) is 19.6 Å². The lowest BCUT2D eigenvalue weighted by Crippen LogP contribution is -2.43. The number of aromatic carboxylic acids is 1. The van der Waals surface area contributed by atoms with Gasteiger partial charge in [0.25, 0.3) is 5.91 Å². The highest BCUT2D eigenvalue weighted by Crippen LogP contribution is 2.12. The molecular weight excluding hydrogens is 312 g/mol. The average molecular weight is 328 g/mol. The number of nitriles is 1. The van der Waals surface area contributed by atoms with Crippen LogP contribution in [0.4, 0.5) is 5.69 Å². The highest BCUT2D eigenvalue weighted by atomic mass is 16.4. The normalized spacial score (nSPS) is 14.7. The molecule has 1 aliphatic rings. The van der Waals surface area contributed by atoms with E-state index in [2.05, 4.69) is 5.32 Å². The molecule has 8 nitrogen and oxygen atoms in total. The van der Waals surface area contributed by atoms with E-state index in [4.69, 9.17) is 5.11 Å². The maximum atomic E-state index is 12.1. The van der Waals surface area contributed by atoms with Gasteiger partial charge in [-0.15, -0.1) is 0 Å². The molecule has 0 bridgehead atoms. The van der Waals surface area contributed by atoms with Crippen molar-refractivity contribution < 1.29 is 19.5 Å². The van der Waals surface area contributed by atoms with Gasteiger partial charge in [0.15, 0.2) is 0 Å². The molecule has 0 radical (unpaired) electrons. The predicted octanol–water partition coefficient (Wildman–Crippen LogP) is 0.505. The van der Waals surface area contributed by atoms with E-state index in [1.54, 1.807) is 4.90 Å². The summed E-state index contributed by atoms with van der Waals surface area (Å²) in [6.07, 6.45) is 2.25. The lowest BCUT2D eigenvalue weighted by molar-refractivity contribution is -0.119. The molecule has 0 aromatic heterocycles. The summed E-state index contributed by atoms with van der Waals surface area (Å²) in [6.45, 7) is 2.17. The Bertz CT molecular complexity index is 698.